The van der Waals surface area contributed by atoms with Crippen LogP contribution in [0.3, 0.4) is 0 Å². The minimum absolute atomic E-state index is 0.0579. The fraction of sp³-hybridized carbons (Fsp3) is 0.529. The summed E-state index contributed by atoms with van der Waals surface area (Å²) >= 11 is 5.97. The van der Waals surface area contributed by atoms with Crippen LogP contribution in [0.15, 0.2) is 24.3 Å². The second-order valence-electron chi connectivity index (χ2n) is 6.01. The summed E-state index contributed by atoms with van der Waals surface area (Å²) < 4.78 is 0. The fourth-order valence-electron chi connectivity index (χ4n) is 2.86. The summed E-state index contributed by atoms with van der Waals surface area (Å²) in [7, 11) is 0. The molecule has 120 valence electrons. The Morgan fingerprint density at radius 2 is 2.05 bits per heavy atom. The number of rotatable bonds is 7. The van der Waals surface area contributed by atoms with E-state index in [0.717, 1.165) is 12.0 Å². The molecule has 1 aromatic rings. The maximum atomic E-state index is 12.2. The fourth-order valence-corrected chi connectivity index (χ4v) is 3.05. The Morgan fingerprint density at radius 1 is 1.36 bits per heavy atom. The molecule has 1 aliphatic rings. The highest BCUT2D eigenvalue weighted by Crippen LogP contribution is 2.48. The van der Waals surface area contributed by atoms with Crippen LogP contribution >= 0.6 is 11.6 Å². The Labute approximate surface area is 135 Å². The van der Waals surface area contributed by atoms with Crippen LogP contribution in [0, 0.1) is 11.3 Å². The van der Waals surface area contributed by atoms with E-state index in [0.29, 0.717) is 17.9 Å². The first-order chi connectivity index (χ1) is 10.4. The van der Waals surface area contributed by atoms with E-state index in [-0.39, 0.29) is 24.3 Å². The van der Waals surface area contributed by atoms with Gasteiger partial charge in [0, 0.05) is 17.5 Å². The SMILES string of the molecule is CCC(CC)(CNC(=O)C1CC1c1cccc(Cl)c1)C(=O)O. The summed E-state index contributed by atoms with van der Waals surface area (Å²) in [5.41, 5.74) is 0.207. The van der Waals surface area contributed by atoms with Gasteiger partial charge in [0.25, 0.3) is 0 Å². The van der Waals surface area contributed by atoms with E-state index in [2.05, 4.69) is 5.32 Å². The Balaban J connectivity index is 1.93. The van der Waals surface area contributed by atoms with Crippen molar-refractivity contribution in [2.45, 2.75) is 39.0 Å². The molecule has 1 saturated carbocycles. The molecule has 2 N–H and O–H groups in total. The van der Waals surface area contributed by atoms with Crippen LogP contribution in [0.1, 0.15) is 44.6 Å². The molecule has 5 heteroatoms. The molecular formula is C17H22ClNO3. The van der Waals surface area contributed by atoms with Crippen molar-refractivity contribution in [1.29, 1.82) is 0 Å². The first kappa shape index (κ1) is 16.8. The summed E-state index contributed by atoms with van der Waals surface area (Å²) in [6.45, 7) is 3.87. The van der Waals surface area contributed by atoms with Crippen molar-refractivity contribution in [3.8, 4) is 0 Å². The molecule has 1 amide bonds. The number of carboxylic acids is 1. The molecular weight excluding hydrogens is 302 g/mol. The van der Waals surface area contributed by atoms with Crippen LogP contribution in [-0.4, -0.2) is 23.5 Å². The van der Waals surface area contributed by atoms with Crippen molar-refractivity contribution in [2.75, 3.05) is 6.54 Å². The number of carbonyl (C=O) groups excluding carboxylic acids is 1. The third-order valence-electron chi connectivity index (χ3n) is 4.81. The molecule has 2 unspecified atom stereocenters. The standard InChI is InChI=1S/C17H22ClNO3/c1-3-17(4-2,16(21)22)10-19-15(20)14-9-13(14)11-6-5-7-12(18)8-11/h5-8,13-14H,3-4,9-10H2,1-2H3,(H,19,20)(H,21,22). The number of benzene rings is 1. The van der Waals surface area contributed by atoms with Crippen molar-refractivity contribution in [3.63, 3.8) is 0 Å². The van der Waals surface area contributed by atoms with Crippen LogP contribution in [0.2, 0.25) is 5.02 Å². The van der Waals surface area contributed by atoms with Gasteiger partial charge in [-0.3, -0.25) is 9.59 Å². The minimum atomic E-state index is -0.865. The normalized spacial score (nSPS) is 20.5. The minimum Gasteiger partial charge on any atom is -0.481 e. The van der Waals surface area contributed by atoms with Gasteiger partial charge in [0.1, 0.15) is 0 Å². The number of carbonyl (C=O) groups is 2. The van der Waals surface area contributed by atoms with Crippen molar-refractivity contribution in [1.82, 2.24) is 5.32 Å². The lowest BCUT2D eigenvalue weighted by Gasteiger charge is -2.26. The number of halogens is 1. The molecule has 0 radical (unpaired) electrons. The van der Waals surface area contributed by atoms with E-state index in [1.807, 2.05) is 38.1 Å². The van der Waals surface area contributed by atoms with Gasteiger partial charge in [-0.2, -0.15) is 0 Å². The third-order valence-corrected chi connectivity index (χ3v) is 5.05. The summed E-state index contributed by atoms with van der Waals surface area (Å²) in [4.78, 5) is 23.7. The van der Waals surface area contributed by atoms with Gasteiger partial charge in [0.2, 0.25) is 5.91 Å². The second-order valence-corrected chi connectivity index (χ2v) is 6.45. The molecule has 0 aliphatic heterocycles. The monoisotopic (exact) mass is 323 g/mol. The predicted molar refractivity (Wildman–Crippen MR) is 86.0 cm³/mol. The molecule has 0 aromatic heterocycles. The molecule has 2 atom stereocenters. The van der Waals surface area contributed by atoms with Crippen LogP contribution in [0.4, 0.5) is 0 Å². The van der Waals surface area contributed by atoms with Crippen LogP contribution < -0.4 is 5.32 Å². The molecule has 1 aliphatic carbocycles. The molecule has 2 rings (SSSR count). The Morgan fingerprint density at radius 3 is 2.59 bits per heavy atom. The van der Waals surface area contributed by atoms with E-state index in [4.69, 9.17) is 11.6 Å². The first-order valence-electron chi connectivity index (χ1n) is 7.70. The Bertz CT molecular complexity index is 569. The summed E-state index contributed by atoms with van der Waals surface area (Å²) in [5.74, 6) is -0.780. The van der Waals surface area contributed by atoms with Crippen LogP contribution in [-0.2, 0) is 9.59 Å². The summed E-state index contributed by atoms with van der Waals surface area (Å²) in [6.07, 6.45) is 1.80. The van der Waals surface area contributed by atoms with Gasteiger partial charge < -0.3 is 10.4 Å². The summed E-state index contributed by atoms with van der Waals surface area (Å²) in [6, 6.07) is 7.56. The molecule has 1 aromatic carbocycles. The molecule has 22 heavy (non-hydrogen) atoms. The third kappa shape index (κ3) is 3.43. The van der Waals surface area contributed by atoms with Gasteiger partial charge in [-0.25, -0.2) is 0 Å². The highest BCUT2D eigenvalue weighted by molar-refractivity contribution is 6.30. The number of nitrogens with one attached hydrogen (secondary N) is 1. The summed E-state index contributed by atoms with van der Waals surface area (Å²) in [5, 5.41) is 12.9. The predicted octanol–water partition coefficient (Wildman–Crippen LogP) is 3.45. The van der Waals surface area contributed by atoms with Crippen LogP contribution in [0.25, 0.3) is 0 Å². The average molecular weight is 324 g/mol. The van der Waals surface area contributed by atoms with Crippen molar-refractivity contribution in [3.05, 3.63) is 34.9 Å². The maximum Gasteiger partial charge on any atom is 0.311 e. The lowest BCUT2D eigenvalue weighted by Crippen LogP contribution is -2.43. The number of hydrogen-bond acceptors (Lipinski definition) is 2. The molecule has 1 fully saturated rings. The van der Waals surface area contributed by atoms with E-state index in [1.165, 1.54) is 0 Å². The zero-order chi connectivity index (χ0) is 16.3. The van der Waals surface area contributed by atoms with E-state index >= 15 is 0 Å². The van der Waals surface area contributed by atoms with Crippen molar-refractivity contribution >= 4 is 23.5 Å². The Kier molecular flexibility index (Phi) is 5.12. The van der Waals surface area contributed by atoms with Crippen molar-refractivity contribution in [2.24, 2.45) is 11.3 Å². The van der Waals surface area contributed by atoms with Gasteiger partial charge in [-0.15, -0.1) is 0 Å². The number of aliphatic carboxylic acids is 1. The average Bonchev–Trinajstić information content (AvgIpc) is 3.29. The van der Waals surface area contributed by atoms with E-state index in [9.17, 15) is 14.7 Å². The van der Waals surface area contributed by atoms with Crippen molar-refractivity contribution < 1.29 is 14.7 Å². The van der Waals surface area contributed by atoms with Gasteiger partial charge >= 0.3 is 5.97 Å². The second kappa shape index (κ2) is 6.69. The highest BCUT2D eigenvalue weighted by Gasteiger charge is 2.45. The van der Waals surface area contributed by atoms with Gasteiger partial charge in [0.05, 0.1) is 5.41 Å². The van der Waals surface area contributed by atoms with Gasteiger partial charge in [0.15, 0.2) is 0 Å². The first-order valence-corrected chi connectivity index (χ1v) is 8.08. The van der Waals surface area contributed by atoms with Crippen LogP contribution in [0.5, 0.6) is 0 Å². The lowest BCUT2D eigenvalue weighted by atomic mass is 9.82. The quantitative estimate of drug-likeness (QED) is 0.807. The zero-order valence-electron chi connectivity index (χ0n) is 12.9. The molecule has 4 nitrogen and oxygen atoms in total. The molecule has 0 spiro atoms. The molecule has 0 bridgehead atoms. The number of hydrogen-bond donors (Lipinski definition) is 2. The van der Waals surface area contributed by atoms with E-state index in [1.54, 1.807) is 0 Å². The number of carboxylic acid groups (broad SMARTS) is 1. The maximum absolute atomic E-state index is 12.2. The smallest absolute Gasteiger partial charge is 0.311 e. The molecule has 0 saturated heterocycles. The zero-order valence-corrected chi connectivity index (χ0v) is 13.7. The highest BCUT2D eigenvalue weighted by atomic mass is 35.5. The topological polar surface area (TPSA) is 66.4 Å². The Hall–Kier alpha value is -1.55. The lowest BCUT2D eigenvalue weighted by molar-refractivity contribution is -0.149. The van der Waals surface area contributed by atoms with Gasteiger partial charge in [-0.05, 0) is 42.9 Å². The molecule has 0 heterocycles. The van der Waals surface area contributed by atoms with E-state index < -0.39 is 11.4 Å². The largest absolute Gasteiger partial charge is 0.481 e. The number of amides is 1. The van der Waals surface area contributed by atoms with Gasteiger partial charge in [-0.1, -0.05) is 37.6 Å².